The topological polar surface area (TPSA) is 91.0 Å². The summed E-state index contributed by atoms with van der Waals surface area (Å²) in [5.41, 5.74) is 1.86. The van der Waals surface area contributed by atoms with E-state index in [2.05, 4.69) is 20.3 Å². The summed E-state index contributed by atoms with van der Waals surface area (Å²) in [6.07, 6.45) is 3.89. The Bertz CT molecular complexity index is 745. The first kappa shape index (κ1) is 13.2. The zero-order valence-corrected chi connectivity index (χ0v) is 12.1. The number of hydrogen-bond acceptors (Lipinski definition) is 4. The van der Waals surface area contributed by atoms with Crippen LogP contribution in [0.3, 0.4) is 0 Å². The lowest BCUT2D eigenvalue weighted by Gasteiger charge is -2.38. The first-order chi connectivity index (χ1) is 10.7. The molecule has 1 spiro atoms. The fourth-order valence-electron chi connectivity index (χ4n) is 3.39. The van der Waals surface area contributed by atoms with Crippen LogP contribution in [0.1, 0.15) is 29.8 Å². The third-order valence-corrected chi connectivity index (χ3v) is 4.81. The highest BCUT2D eigenvalue weighted by molar-refractivity contribution is 5.94. The molecule has 2 fully saturated rings. The van der Waals surface area contributed by atoms with Gasteiger partial charge in [0.05, 0.1) is 11.8 Å². The molecule has 2 N–H and O–H groups in total. The van der Waals surface area contributed by atoms with E-state index < -0.39 is 0 Å². The number of carbonyl (C=O) groups excluding carboxylic acids is 2. The predicted molar refractivity (Wildman–Crippen MR) is 79.1 cm³/mol. The standard InChI is InChI=1S/C15H17N5O2/c21-12-7-15(8-16-12)3-5-20(6-4-15)14(22)11-2-1-10-13(19-11)18-9-17-10/h1-2,9H,3-8H2,(H,16,21)(H,17,18,19). The third-order valence-electron chi connectivity index (χ3n) is 4.81. The second-order valence-corrected chi connectivity index (χ2v) is 6.22. The molecule has 114 valence electrons. The van der Waals surface area contributed by atoms with Gasteiger partial charge >= 0.3 is 0 Å². The Kier molecular flexibility index (Phi) is 2.88. The molecule has 2 aromatic rings. The largest absolute Gasteiger partial charge is 0.356 e. The van der Waals surface area contributed by atoms with Crippen molar-refractivity contribution < 1.29 is 9.59 Å². The molecule has 0 atom stereocenters. The number of amides is 2. The number of nitrogens with zero attached hydrogens (tertiary/aromatic N) is 3. The van der Waals surface area contributed by atoms with Gasteiger partial charge in [0.25, 0.3) is 5.91 Å². The first-order valence-electron chi connectivity index (χ1n) is 7.51. The molecule has 0 radical (unpaired) electrons. The Morgan fingerprint density at radius 1 is 1.27 bits per heavy atom. The Morgan fingerprint density at radius 2 is 2.09 bits per heavy atom. The minimum atomic E-state index is -0.0583. The molecule has 0 unspecified atom stereocenters. The van der Waals surface area contributed by atoms with Crippen molar-refractivity contribution in [3.63, 3.8) is 0 Å². The zero-order valence-electron chi connectivity index (χ0n) is 12.1. The van der Waals surface area contributed by atoms with Crippen LogP contribution in [-0.2, 0) is 4.79 Å². The number of piperidine rings is 1. The number of pyridine rings is 1. The van der Waals surface area contributed by atoms with Crippen molar-refractivity contribution in [2.45, 2.75) is 19.3 Å². The van der Waals surface area contributed by atoms with E-state index in [1.807, 2.05) is 11.0 Å². The number of aromatic amines is 1. The fraction of sp³-hybridized carbons (Fsp3) is 0.467. The number of likely N-dealkylation sites (tertiary alicyclic amines) is 1. The van der Waals surface area contributed by atoms with Crippen LogP contribution in [-0.4, -0.2) is 51.3 Å². The minimum absolute atomic E-state index is 0.0490. The molecule has 2 aliphatic heterocycles. The number of fused-ring (bicyclic) bond motifs is 1. The lowest BCUT2D eigenvalue weighted by molar-refractivity contribution is -0.119. The van der Waals surface area contributed by atoms with Crippen molar-refractivity contribution in [2.75, 3.05) is 19.6 Å². The highest BCUT2D eigenvalue weighted by atomic mass is 16.2. The van der Waals surface area contributed by atoms with Crippen molar-refractivity contribution in [1.82, 2.24) is 25.2 Å². The van der Waals surface area contributed by atoms with E-state index in [0.717, 1.165) is 24.9 Å². The van der Waals surface area contributed by atoms with Crippen LogP contribution in [0, 0.1) is 5.41 Å². The maximum atomic E-state index is 12.6. The molecule has 0 aromatic carbocycles. The number of hydrogen-bond donors (Lipinski definition) is 2. The van der Waals surface area contributed by atoms with Gasteiger partial charge in [0.2, 0.25) is 5.91 Å². The molecule has 0 saturated carbocycles. The van der Waals surface area contributed by atoms with E-state index in [-0.39, 0.29) is 17.2 Å². The average Bonchev–Trinajstić information content (AvgIpc) is 3.14. The quantitative estimate of drug-likeness (QED) is 0.811. The number of imidazole rings is 1. The van der Waals surface area contributed by atoms with Gasteiger partial charge in [-0.05, 0) is 30.4 Å². The molecule has 2 saturated heterocycles. The SMILES string of the molecule is O=C1CC2(CCN(C(=O)c3ccc4[nH]cnc4n3)CC2)CN1. The molecule has 7 nitrogen and oxygen atoms in total. The lowest BCUT2D eigenvalue weighted by atomic mass is 9.77. The van der Waals surface area contributed by atoms with Crippen LogP contribution in [0.4, 0.5) is 0 Å². The molecule has 2 aliphatic rings. The lowest BCUT2D eigenvalue weighted by Crippen LogP contribution is -2.44. The van der Waals surface area contributed by atoms with Crippen molar-refractivity contribution in [2.24, 2.45) is 5.41 Å². The monoisotopic (exact) mass is 299 g/mol. The zero-order chi connectivity index (χ0) is 15.2. The summed E-state index contributed by atoms with van der Waals surface area (Å²) < 4.78 is 0. The van der Waals surface area contributed by atoms with Crippen LogP contribution in [0.2, 0.25) is 0 Å². The molecule has 4 rings (SSSR count). The van der Waals surface area contributed by atoms with Crippen molar-refractivity contribution in [1.29, 1.82) is 0 Å². The maximum absolute atomic E-state index is 12.6. The molecule has 2 amide bonds. The summed E-state index contributed by atoms with van der Waals surface area (Å²) in [5.74, 6) is 0.0717. The number of carbonyl (C=O) groups is 2. The summed E-state index contributed by atoms with van der Waals surface area (Å²) in [6.45, 7) is 2.09. The third kappa shape index (κ3) is 2.13. The van der Waals surface area contributed by atoms with E-state index in [1.165, 1.54) is 0 Å². The Labute approximate surface area is 127 Å². The summed E-state index contributed by atoms with van der Waals surface area (Å²) >= 11 is 0. The molecular formula is C15H17N5O2. The summed E-state index contributed by atoms with van der Waals surface area (Å²) in [4.78, 5) is 37.2. The van der Waals surface area contributed by atoms with Gasteiger partial charge in [-0.3, -0.25) is 9.59 Å². The minimum Gasteiger partial charge on any atom is -0.356 e. The molecule has 0 aliphatic carbocycles. The highest BCUT2D eigenvalue weighted by Crippen LogP contribution is 2.37. The second-order valence-electron chi connectivity index (χ2n) is 6.22. The van der Waals surface area contributed by atoms with E-state index in [1.54, 1.807) is 12.4 Å². The van der Waals surface area contributed by atoms with E-state index >= 15 is 0 Å². The van der Waals surface area contributed by atoms with Gasteiger partial charge < -0.3 is 15.2 Å². The summed E-state index contributed by atoms with van der Waals surface area (Å²) in [5, 5.41) is 2.91. The second kappa shape index (κ2) is 4.79. The average molecular weight is 299 g/mol. The normalized spacial score (nSPS) is 20.5. The van der Waals surface area contributed by atoms with Crippen molar-refractivity contribution in [3.8, 4) is 0 Å². The predicted octanol–water partition coefficient (Wildman–Crippen LogP) is 0.700. The maximum Gasteiger partial charge on any atom is 0.272 e. The van der Waals surface area contributed by atoms with Crippen LogP contribution >= 0.6 is 0 Å². The Morgan fingerprint density at radius 3 is 2.82 bits per heavy atom. The van der Waals surface area contributed by atoms with Crippen LogP contribution in [0.25, 0.3) is 11.2 Å². The number of aromatic nitrogens is 3. The van der Waals surface area contributed by atoms with E-state index in [9.17, 15) is 9.59 Å². The number of nitrogens with one attached hydrogen (secondary N) is 2. The number of rotatable bonds is 1. The van der Waals surface area contributed by atoms with Gasteiger partial charge in [-0.2, -0.15) is 0 Å². The van der Waals surface area contributed by atoms with Gasteiger partial charge in [0.15, 0.2) is 5.65 Å². The van der Waals surface area contributed by atoms with Gasteiger partial charge in [-0.25, -0.2) is 9.97 Å². The number of H-pyrrole nitrogens is 1. The molecular weight excluding hydrogens is 282 g/mol. The first-order valence-corrected chi connectivity index (χ1v) is 7.51. The van der Waals surface area contributed by atoms with Crippen LogP contribution < -0.4 is 5.32 Å². The van der Waals surface area contributed by atoms with Crippen LogP contribution in [0.15, 0.2) is 18.5 Å². The van der Waals surface area contributed by atoms with Crippen molar-refractivity contribution in [3.05, 3.63) is 24.2 Å². The van der Waals surface area contributed by atoms with Gasteiger partial charge in [0, 0.05) is 26.1 Å². The Balaban J connectivity index is 1.48. The van der Waals surface area contributed by atoms with E-state index in [0.29, 0.717) is 30.9 Å². The fourth-order valence-corrected chi connectivity index (χ4v) is 3.39. The molecule has 22 heavy (non-hydrogen) atoms. The molecule has 4 heterocycles. The van der Waals surface area contributed by atoms with Crippen LogP contribution in [0.5, 0.6) is 0 Å². The van der Waals surface area contributed by atoms with Gasteiger partial charge in [0.1, 0.15) is 5.69 Å². The van der Waals surface area contributed by atoms with E-state index in [4.69, 9.17) is 0 Å². The van der Waals surface area contributed by atoms with Gasteiger partial charge in [-0.1, -0.05) is 0 Å². The smallest absolute Gasteiger partial charge is 0.272 e. The van der Waals surface area contributed by atoms with Crippen molar-refractivity contribution >= 4 is 23.0 Å². The molecule has 2 aromatic heterocycles. The highest BCUT2D eigenvalue weighted by Gasteiger charge is 2.41. The summed E-state index contributed by atoms with van der Waals surface area (Å²) in [7, 11) is 0. The molecule has 7 heteroatoms. The summed E-state index contributed by atoms with van der Waals surface area (Å²) in [6, 6.07) is 3.56. The van der Waals surface area contributed by atoms with Gasteiger partial charge in [-0.15, -0.1) is 0 Å². The Hall–Kier alpha value is -2.44. The molecule has 0 bridgehead atoms.